The van der Waals surface area contributed by atoms with Crippen LogP contribution < -0.4 is 15.0 Å². The molecule has 3 aromatic rings. The third-order valence-corrected chi connectivity index (χ3v) is 4.21. The molecular formula is C19H13ClN2O4. The van der Waals surface area contributed by atoms with Crippen LogP contribution in [0.5, 0.6) is 11.5 Å². The number of hydrogen-bond acceptors (Lipinski definition) is 5. The third-order valence-electron chi connectivity index (χ3n) is 3.97. The number of fused-ring (bicyclic) bond motifs is 1. The van der Waals surface area contributed by atoms with Crippen LogP contribution in [-0.4, -0.2) is 22.4 Å². The lowest BCUT2D eigenvalue weighted by molar-refractivity contribution is 0.0965. The molecule has 7 heteroatoms. The summed E-state index contributed by atoms with van der Waals surface area (Å²) in [5.74, 6) is 0.866. The van der Waals surface area contributed by atoms with Gasteiger partial charge in [0.05, 0.1) is 5.69 Å². The van der Waals surface area contributed by atoms with E-state index < -0.39 is 0 Å². The molecule has 0 bridgehead atoms. The SMILES string of the molecule is O=C(Cn1nc(-c2cccc(Cl)c2)ccc1=O)c1ccc2c(c1)OCO2. The van der Waals surface area contributed by atoms with Crippen molar-refractivity contribution in [1.29, 1.82) is 0 Å². The van der Waals surface area contributed by atoms with Crippen LogP contribution in [0.1, 0.15) is 10.4 Å². The van der Waals surface area contributed by atoms with Crippen molar-refractivity contribution in [3.8, 4) is 22.8 Å². The van der Waals surface area contributed by atoms with Crippen LogP contribution in [0.2, 0.25) is 5.02 Å². The van der Waals surface area contributed by atoms with Crippen LogP contribution in [0, 0.1) is 0 Å². The molecule has 0 amide bonds. The van der Waals surface area contributed by atoms with E-state index in [4.69, 9.17) is 21.1 Å². The fourth-order valence-electron chi connectivity index (χ4n) is 2.66. The minimum Gasteiger partial charge on any atom is -0.454 e. The van der Waals surface area contributed by atoms with E-state index in [1.165, 1.54) is 6.07 Å². The molecule has 4 rings (SSSR count). The monoisotopic (exact) mass is 368 g/mol. The Balaban J connectivity index is 1.62. The number of ketones is 1. The van der Waals surface area contributed by atoms with Gasteiger partial charge in [-0.05, 0) is 36.4 Å². The molecule has 0 atom stereocenters. The van der Waals surface area contributed by atoms with E-state index >= 15 is 0 Å². The Morgan fingerprint density at radius 1 is 1.08 bits per heavy atom. The summed E-state index contributed by atoms with van der Waals surface area (Å²) in [4.78, 5) is 24.7. The van der Waals surface area contributed by atoms with Gasteiger partial charge in [-0.25, -0.2) is 4.68 Å². The second-order valence-electron chi connectivity index (χ2n) is 5.72. The highest BCUT2D eigenvalue weighted by Crippen LogP contribution is 2.32. The predicted octanol–water partition coefficient (Wildman–Crippen LogP) is 3.18. The van der Waals surface area contributed by atoms with Crippen LogP contribution in [0.15, 0.2) is 59.4 Å². The molecule has 0 fully saturated rings. The Hall–Kier alpha value is -3.12. The largest absolute Gasteiger partial charge is 0.454 e. The molecule has 2 aromatic carbocycles. The van der Waals surface area contributed by atoms with Gasteiger partial charge in [0.15, 0.2) is 17.3 Å². The summed E-state index contributed by atoms with van der Waals surface area (Å²) in [6.07, 6.45) is 0. The van der Waals surface area contributed by atoms with E-state index in [-0.39, 0.29) is 24.7 Å². The van der Waals surface area contributed by atoms with Gasteiger partial charge < -0.3 is 9.47 Å². The van der Waals surface area contributed by atoms with Crippen molar-refractivity contribution < 1.29 is 14.3 Å². The number of rotatable bonds is 4. The molecule has 130 valence electrons. The molecule has 6 nitrogen and oxygen atoms in total. The lowest BCUT2D eigenvalue weighted by Gasteiger charge is -2.07. The second kappa shape index (κ2) is 6.65. The first-order valence-electron chi connectivity index (χ1n) is 7.87. The molecule has 2 heterocycles. The highest BCUT2D eigenvalue weighted by atomic mass is 35.5. The number of nitrogens with zero attached hydrogens (tertiary/aromatic N) is 2. The van der Waals surface area contributed by atoms with Crippen molar-refractivity contribution in [2.75, 3.05) is 6.79 Å². The van der Waals surface area contributed by atoms with Crippen molar-refractivity contribution in [3.05, 3.63) is 75.5 Å². The number of halogens is 1. The Morgan fingerprint density at radius 2 is 1.92 bits per heavy atom. The van der Waals surface area contributed by atoms with Gasteiger partial charge in [0.2, 0.25) is 6.79 Å². The number of Topliss-reactive ketones (excluding diaryl/α,β-unsaturated/α-hetero) is 1. The van der Waals surface area contributed by atoms with Crippen LogP contribution >= 0.6 is 11.6 Å². The minimum atomic E-state index is -0.357. The first-order valence-corrected chi connectivity index (χ1v) is 8.25. The number of carbonyl (C=O) groups excluding carboxylic acids is 1. The first-order chi connectivity index (χ1) is 12.6. The van der Waals surface area contributed by atoms with Crippen LogP contribution in [0.3, 0.4) is 0 Å². The molecule has 1 aliphatic heterocycles. The van der Waals surface area contributed by atoms with Gasteiger partial charge >= 0.3 is 0 Å². The van der Waals surface area contributed by atoms with Crippen molar-refractivity contribution >= 4 is 17.4 Å². The summed E-state index contributed by atoms with van der Waals surface area (Å²) in [5, 5.41) is 4.86. The molecule has 0 N–H and O–H groups in total. The summed E-state index contributed by atoms with van der Waals surface area (Å²) >= 11 is 6.00. The van der Waals surface area contributed by atoms with Gasteiger partial charge in [-0.15, -0.1) is 0 Å². The average molecular weight is 369 g/mol. The van der Waals surface area contributed by atoms with E-state index in [9.17, 15) is 9.59 Å². The first kappa shape index (κ1) is 16.4. The predicted molar refractivity (Wildman–Crippen MR) is 95.8 cm³/mol. The summed E-state index contributed by atoms with van der Waals surface area (Å²) < 4.78 is 11.7. The zero-order valence-electron chi connectivity index (χ0n) is 13.5. The van der Waals surface area contributed by atoms with E-state index in [1.54, 1.807) is 42.5 Å². The summed E-state index contributed by atoms with van der Waals surface area (Å²) in [6, 6.07) is 15.1. The molecule has 0 aliphatic carbocycles. The van der Waals surface area contributed by atoms with Gasteiger partial charge in [0.1, 0.15) is 6.54 Å². The lowest BCUT2D eigenvalue weighted by atomic mass is 10.1. The number of aromatic nitrogens is 2. The smallest absolute Gasteiger partial charge is 0.267 e. The van der Waals surface area contributed by atoms with E-state index in [1.807, 2.05) is 6.07 Å². The van der Waals surface area contributed by atoms with Crippen molar-refractivity contribution in [3.63, 3.8) is 0 Å². The van der Waals surface area contributed by atoms with Crippen LogP contribution in [0.4, 0.5) is 0 Å². The molecule has 0 unspecified atom stereocenters. The molecule has 1 aromatic heterocycles. The average Bonchev–Trinajstić information content (AvgIpc) is 3.11. The zero-order chi connectivity index (χ0) is 18.1. The Kier molecular flexibility index (Phi) is 4.18. The Morgan fingerprint density at radius 3 is 2.77 bits per heavy atom. The van der Waals surface area contributed by atoms with Crippen LogP contribution in [0.25, 0.3) is 11.3 Å². The molecule has 0 saturated heterocycles. The zero-order valence-corrected chi connectivity index (χ0v) is 14.3. The Bertz CT molecular complexity index is 1060. The molecule has 26 heavy (non-hydrogen) atoms. The molecule has 1 aliphatic rings. The number of benzene rings is 2. The number of carbonyl (C=O) groups is 1. The normalized spacial score (nSPS) is 12.2. The minimum absolute atomic E-state index is 0.135. The van der Waals surface area contributed by atoms with Gasteiger partial charge in [-0.3, -0.25) is 9.59 Å². The summed E-state index contributed by atoms with van der Waals surface area (Å²) in [5.41, 5.74) is 1.40. The van der Waals surface area contributed by atoms with E-state index in [0.717, 1.165) is 10.2 Å². The summed E-state index contributed by atoms with van der Waals surface area (Å²) in [6.45, 7) is -0.0391. The fraction of sp³-hybridized carbons (Fsp3) is 0.105. The Labute approximate surface area is 153 Å². The maximum Gasteiger partial charge on any atom is 0.267 e. The molecule has 0 radical (unpaired) electrons. The quantitative estimate of drug-likeness (QED) is 0.661. The molecule has 0 spiro atoms. The molecular weight excluding hydrogens is 356 g/mol. The lowest BCUT2D eigenvalue weighted by Crippen LogP contribution is -2.26. The number of ether oxygens (including phenoxy) is 2. The topological polar surface area (TPSA) is 70.4 Å². The second-order valence-corrected chi connectivity index (χ2v) is 6.15. The van der Waals surface area contributed by atoms with E-state index in [0.29, 0.717) is 27.8 Å². The highest BCUT2D eigenvalue weighted by molar-refractivity contribution is 6.30. The molecule has 0 saturated carbocycles. The number of hydrogen-bond donors (Lipinski definition) is 0. The maximum atomic E-state index is 12.6. The third kappa shape index (κ3) is 3.19. The van der Waals surface area contributed by atoms with Crippen molar-refractivity contribution in [1.82, 2.24) is 9.78 Å². The van der Waals surface area contributed by atoms with Gasteiger partial charge in [0.25, 0.3) is 5.56 Å². The highest BCUT2D eigenvalue weighted by Gasteiger charge is 2.17. The fourth-order valence-corrected chi connectivity index (χ4v) is 2.85. The van der Waals surface area contributed by atoms with Crippen molar-refractivity contribution in [2.24, 2.45) is 0 Å². The van der Waals surface area contributed by atoms with Crippen molar-refractivity contribution in [2.45, 2.75) is 6.54 Å². The van der Waals surface area contributed by atoms with Crippen LogP contribution in [-0.2, 0) is 6.54 Å². The maximum absolute atomic E-state index is 12.6. The standard InChI is InChI=1S/C19H13ClN2O4/c20-14-3-1-2-12(8-14)15-5-7-19(24)22(21-15)10-16(23)13-4-6-17-18(9-13)26-11-25-17/h1-9H,10-11H2. The van der Waals surface area contributed by atoms with Gasteiger partial charge in [-0.1, -0.05) is 23.7 Å². The van der Waals surface area contributed by atoms with E-state index in [2.05, 4.69) is 5.10 Å². The summed E-state index contributed by atoms with van der Waals surface area (Å²) in [7, 11) is 0. The van der Waals surface area contributed by atoms with Gasteiger partial charge in [-0.2, -0.15) is 5.10 Å². The van der Waals surface area contributed by atoms with Gasteiger partial charge in [0, 0.05) is 22.2 Å².